The van der Waals surface area contributed by atoms with E-state index in [1.807, 2.05) is 0 Å². The van der Waals surface area contributed by atoms with E-state index >= 15 is 0 Å². The second-order valence-corrected chi connectivity index (χ2v) is 4.62. The van der Waals surface area contributed by atoms with Crippen molar-refractivity contribution in [2.24, 2.45) is 4.99 Å². The van der Waals surface area contributed by atoms with Crippen LogP contribution in [-0.2, 0) is 9.53 Å². The molecular formula is C12H12N2O3S. The Labute approximate surface area is 109 Å². The molecule has 0 aliphatic carbocycles. The van der Waals surface area contributed by atoms with Gasteiger partial charge < -0.3 is 4.74 Å². The van der Waals surface area contributed by atoms with Crippen LogP contribution >= 0.6 is 11.8 Å². The van der Waals surface area contributed by atoms with Crippen LogP contribution in [0.3, 0.4) is 0 Å². The Hall–Kier alpha value is -1.82. The molecule has 0 radical (unpaired) electrons. The van der Waals surface area contributed by atoms with Gasteiger partial charge in [0.25, 0.3) is 0 Å². The van der Waals surface area contributed by atoms with Crippen molar-refractivity contribution < 1.29 is 14.3 Å². The number of rotatable bonds is 2. The van der Waals surface area contributed by atoms with Crippen molar-refractivity contribution in [3.63, 3.8) is 0 Å². The fourth-order valence-electron chi connectivity index (χ4n) is 1.46. The Kier molecular flexibility index (Phi) is 3.66. The first-order valence-corrected chi connectivity index (χ1v) is 6.27. The molecular weight excluding hydrogens is 252 g/mol. The van der Waals surface area contributed by atoms with E-state index in [2.05, 4.69) is 9.73 Å². The van der Waals surface area contributed by atoms with Gasteiger partial charge in [-0.3, -0.25) is 9.69 Å². The monoisotopic (exact) mass is 264 g/mol. The van der Waals surface area contributed by atoms with Crippen molar-refractivity contribution in [1.29, 1.82) is 0 Å². The van der Waals surface area contributed by atoms with Crippen LogP contribution in [-0.4, -0.2) is 41.9 Å². The highest BCUT2D eigenvalue weighted by Gasteiger charge is 2.24. The molecule has 0 N–H and O–H groups in total. The first kappa shape index (κ1) is 12.6. The average molecular weight is 264 g/mol. The summed E-state index contributed by atoms with van der Waals surface area (Å²) in [5, 5.41) is 0.641. The fourth-order valence-corrected chi connectivity index (χ4v) is 2.38. The van der Waals surface area contributed by atoms with E-state index in [1.54, 1.807) is 31.3 Å². The number of thioether (sulfide) groups is 1. The van der Waals surface area contributed by atoms with E-state index in [9.17, 15) is 9.59 Å². The number of esters is 1. The zero-order valence-corrected chi connectivity index (χ0v) is 10.9. The largest absolute Gasteiger partial charge is 0.465 e. The number of carbonyl (C=O) groups excluding carboxylic acids is 2. The van der Waals surface area contributed by atoms with Gasteiger partial charge in [-0.05, 0) is 18.2 Å². The predicted octanol–water partition coefficient (Wildman–Crippen LogP) is 1.67. The highest BCUT2D eigenvalue weighted by molar-refractivity contribution is 8.15. The predicted molar refractivity (Wildman–Crippen MR) is 70.1 cm³/mol. The lowest BCUT2D eigenvalue weighted by Gasteiger charge is -2.08. The SMILES string of the molecule is COC(=O)c1cccc(N=C2SCC(=O)N2C)c1. The Balaban J connectivity index is 2.27. The summed E-state index contributed by atoms with van der Waals surface area (Å²) >= 11 is 1.38. The van der Waals surface area contributed by atoms with Crippen LogP contribution in [0, 0.1) is 0 Å². The quantitative estimate of drug-likeness (QED) is 0.762. The molecule has 1 aliphatic heterocycles. The fraction of sp³-hybridized carbons (Fsp3) is 0.250. The third kappa shape index (κ3) is 2.53. The second kappa shape index (κ2) is 5.22. The second-order valence-electron chi connectivity index (χ2n) is 3.68. The van der Waals surface area contributed by atoms with Crippen molar-refractivity contribution in [3.05, 3.63) is 29.8 Å². The summed E-state index contributed by atoms with van der Waals surface area (Å²) in [6, 6.07) is 6.80. The van der Waals surface area contributed by atoms with Crippen molar-refractivity contribution in [2.45, 2.75) is 0 Å². The number of nitrogens with zero attached hydrogens (tertiary/aromatic N) is 2. The van der Waals surface area contributed by atoms with E-state index in [-0.39, 0.29) is 5.91 Å². The summed E-state index contributed by atoms with van der Waals surface area (Å²) in [7, 11) is 3.02. The van der Waals surface area contributed by atoms with Crippen LogP contribution in [0.15, 0.2) is 29.3 Å². The third-order valence-corrected chi connectivity index (χ3v) is 3.49. The molecule has 1 amide bonds. The highest BCUT2D eigenvalue weighted by Crippen LogP contribution is 2.23. The molecule has 1 aromatic rings. The number of carbonyl (C=O) groups is 2. The van der Waals surface area contributed by atoms with Crippen LogP contribution in [0.2, 0.25) is 0 Å². The smallest absolute Gasteiger partial charge is 0.337 e. The summed E-state index contributed by atoms with van der Waals surface area (Å²) in [5.74, 6) is 0.0369. The number of hydrogen-bond acceptors (Lipinski definition) is 5. The molecule has 6 heteroatoms. The lowest BCUT2D eigenvalue weighted by molar-refractivity contribution is -0.123. The van der Waals surface area contributed by atoms with Crippen LogP contribution in [0.5, 0.6) is 0 Å². The summed E-state index contributed by atoms with van der Waals surface area (Å²) in [6.07, 6.45) is 0. The van der Waals surface area contributed by atoms with Gasteiger partial charge in [-0.15, -0.1) is 0 Å². The van der Waals surface area contributed by atoms with E-state index in [4.69, 9.17) is 0 Å². The Morgan fingerprint density at radius 2 is 2.28 bits per heavy atom. The van der Waals surface area contributed by atoms with Crippen molar-refractivity contribution in [1.82, 2.24) is 4.90 Å². The number of aliphatic imine (C=N–C) groups is 1. The maximum atomic E-state index is 11.4. The molecule has 1 fully saturated rings. The molecule has 0 spiro atoms. The molecule has 2 rings (SSSR count). The molecule has 94 valence electrons. The molecule has 1 aliphatic rings. The summed E-state index contributed by atoms with van der Waals surface area (Å²) in [5.41, 5.74) is 1.07. The number of benzene rings is 1. The molecule has 0 bridgehead atoms. The highest BCUT2D eigenvalue weighted by atomic mass is 32.2. The molecule has 0 aromatic heterocycles. The Morgan fingerprint density at radius 1 is 1.50 bits per heavy atom. The summed E-state index contributed by atoms with van der Waals surface area (Å²) in [4.78, 5) is 28.6. The number of ether oxygens (including phenoxy) is 1. The third-order valence-electron chi connectivity index (χ3n) is 2.48. The number of amides is 1. The molecule has 0 saturated carbocycles. The minimum absolute atomic E-state index is 0.0304. The van der Waals surface area contributed by atoms with Gasteiger partial charge in [-0.1, -0.05) is 17.8 Å². The van der Waals surface area contributed by atoms with Gasteiger partial charge in [0, 0.05) is 7.05 Å². The van der Waals surface area contributed by atoms with Gasteiger partial charge in [-0.2, -0.15) is 0 Å². The zero-order chi connectivity index (χ0) is 13.1. The normalized spacial score (nSPS) is 17.3. The van der Waals surface area contributed by atoms with Gasteiger partial charge in [0.1, 0.15) is 0 Å². The summed E-state index contributed by atoms with van der Waals surface area (Å²) in [6.45, 7) is 0. The maximum absolute atomic E-state index is 11.4. The van der Waals surface area contributed by atoms with E-state index in [0.717, 1.165) is 0 Å². The molecule has 1 aromatic carbocycles. The van der Waals surface area contributed by atoms with Gasteiger partial charge in [-0.25, -0.2) is 9.79 Å². The van der Waals surface area contributed by atoms with E-state index < -0.39 is 5.97 Å². The minimum Gasteiger partial charge on any atom is -0.465 e. The molecule has 0 atom stereocenters. The standard InChI is InChI=1S/C12H12N2O3S/c1-14-10(15)7-18-12(14)13-9-5-3-4-8(6-9)11(16)17-2/h3-6H,7H2,1-2H3. The Morgan fingerprint density at radius 3 is 2.89 bits per heavy atom. The topological polar surface area (TPSA) is 59.0 Å². The number of amidine groups is 1. The first-order chi connectivity index (χ1) is 8.61. The molecule has 0 unspecified atom stereocenters. The lowest BCUT2D eigenvalue weighted by Crippen LogP contribution is -2.24. The van der Waals surface area contributed by atoms with Crippen molar-refractivity contribution in [3.8, 4) is 0 Å². The van der Waals surface area contributed by atoms with Crippen LogP contribution in [0.25, 0.3) is 0 Å². The molecule has 1 heterocycles. The maximum Gasteiger partial charge on any atom is 0.337 e. The van der Waals surface area contributed by atoms with Crippen LogP contribution in [0.4, 0.5) is 5.69 Å². The van der Waals surface area contributed by atoms with Gasteiger partial charge in [0.05, 0.1) is 24.1 Å². The molecule has 18 heavy (non-hydrogen) atoms. The van der Waals surface area contributed by atoms with Crippen molar-refractivity contribution >= 4 is 34.5 Å². The van der Waals surface area contributed by atoms with Gasteiger partial charge in [0.2, 0.25) is 5.91 Å². The molecule has 5 nitrogen and oxygen atoms in total. The van der Waals surface area contributed by atoms with Crippen LogP contribution < -0.4 is 0 Å². The van der Waals surface area contributed by atoms with Gasteiger partial charge >= 0.3 is 5.97 Å². The average Bonchev–Trinajstić information content (AvgIpc) is 2.70. The molecule has 1 saturated heterocycles. The van der Waals surface area contributed by atoms with E-state index in [0.29, 0.717) is 22.2 Å². The van der Waals surface area contributed by atoms with Crippen LogP contribution in [0.1, 0.15) is 10.4 Å². The van der Waals surface area contributed by atoms with E-state index in [1.165, 1.54) is 23.8 Å². The number of methoxy groups -OCH3 is 1. The number of hydrogen-bond donors (Lipinski definition) is 0. The lowest BCUT2D eigenvalue weighted by atomic mass is 10.2. The van der Waals surface area contributed by atoms with Gasteiger partial charge in [0.15, 0.2) is 5.17 Å². The zero-order valence-electron chi connectivity index (χ0n) is 10.0. The van der Waals surface area contributed by atoms with Crippen molar-refractivity contribution in [2.75, 3.05) is 19.9 Å². The first-order valence-electron chi connectivity index (χ1n) is 5.28. The minimum atomic E-state index is -0.402. The summed E-state index contributed by atoms with van der Waals surface area (Å²) < 4.78 is 4.64. The Bertz CT molecular complexity index is 528.